The van der Waals surface area contributed by atoms with Crippen molar-refractivity contribution in [1.29, 1.82) is 0 Å². The first-order valence-corrected chi connectivity index (χ1v) is 6.16. The van der Waals surface area contributed by atoms with Crippen molar-refractivity contribution >= 4 is 0 Å². The molecule has 16 heavy (non-hydrogen) atoms. The molecule has 0 amide bonds. The fourth-order valence-corrected chi connectivity index (χ4v) is 1.71. The highest BCUT2D eigenvalue weighted by Crippen LogP contribution is 2.23. The molecule has 0 aromatic heterocycles. The first-order chi connectivity index (χ1) is 7.59. The molecule has 1 aliphatic rings. The molecule has 1 aliphatic carbocycles. The molecule has 0 heterocycles. The third kappa shape index (κ3) is 5.25. The number of aliphatic hydroxyl groups excluding tert-OH is 1. The minimum absolute atomic E-state index is 0.123. The van der Waals surface area contributed by atoms with Crippen LogP contribution in [0.3, 0.4) is 0 Å². The molecule has 1 fully saturated rings. The Balaban J connectivity index is 2.20. The minimum Gasteiger partial charge on any atom is -0.394 e. The van der Waals surface area contributed by atoms with E-state index in [1.165, 1.54) is 12.8 Å². The van der Waals surface area contributed by atoms with Crippen molar-refractivity contribution in [1.82, 2.24) is 10.2 Å². The summed E-state index contributed by atoms with van der Waals surface area (Å²) in [5.74, 6) is 0. The molecule has 96 valence electrons. The van der Waals surface area contributed by atoms with Gasteiger partial charge in [0, 0.05) is 25.2 Å². The molecule has 0 aliphatic heterocycles. The molecule has 1 unspecified atom stereocenters. The van der Waals surface area contributed by atoms with E-state index in [1.54, 1.807) is 7.11 Å². The van der Waals surface area contributed by atoms with Crippen LogP contribution in [0.5, 0.6) is 0 Å². The van der Waals surface area contributed by atoms with Crippen LogP contribution in [0.4, 0.5) is 0 Å². The van der Waals surface area contributed by atoms with Crippen molar-refractivity contribution in [3.8, 4) is 0 Å². The van der Waals surface area contributed by atoms with Crippen molar-refractivity contribution in [2.75, 3.05) is 40.5 Å². The Morgan fingerprint density at radius 3 is 2.62 bits per heavy atom. The maximum absolute atomic E-state index is 9.45. The number of hydrogen-bond donors (Lipinski definition) is 2. The van der Waals surface area contributed by atoms with Gasteiger partial charge in [0.05, 0.1) is 13.2 Å². The van der Waals surface area contributed by atoms with E-state index in [-0.39, 0.29) is 12.1 Å². The quantitative estimate of drug-likeness (QED) is 0.604. The number of hydrogen-bond acceptors (Lipinski definition) is 4. The number of likely N-dealkylation sites (N-methyl/N-ethyl adjacent to an activating group) is 1. The van der Waals surface area contributed by atoms with E-state index in [0.717, 1.165) is 26.1 Å². The van der Waals surface area contributed by atoms with Crippen molar-refractivity contribution < 1.29 is 9.84 Å². The molecule has 4 heteroatoms. The summed E-state index contributed by atoms with van der Waals surface area (Å²) < 4.78 is 5.04. The lowest BCUT2D eigenvalue weighted by molar-refractivity contribution is 0.131. The molecular weight excluding hydrogens is 204 g/mol. The first-order valence-electron chi connectivity index (χ1n) is 6.16. The molecular formula is C12H26N2O2. The van der Waals surface area contributed by atoms with E-state index in [1.807, 2.05) is 0 Å². The SMILES string of the molecule is COCCN(C)CCC(C)(CO)NC1CC1. The van der Waals surface area contributed by atoms with Crippen LogP contribution in [0.25, 0.3) is 0 Å². The van der Waals surface area contributed by atoms with Crippen molar-refractivity contribution in [2.45, 2.75) is 37.8 Å². The second kappa shape index (κ2) is 6.55. The zero-order valence-corrected chi connectivity index (χ0v) is 10.8. The molecule has 0 spiro atoms. The molecule has 0 aromatic rings. The summed E-state index contributed by atoms with van der Waals surface area (Å²) in [5.41, 5.74) is -0.123. The Morgan fingerprint density at radius 1 is 1.44 bits per heavy atom. The smallest absolute Gasteiger partial charge is 0.0611 e. The van der Waals surface area contributed by atoms with Gasteiger partial charge in [-0.25, -0.2) is 0 Å². The van der Waals surface area contributed by atoms with Gasteiger partial charge >= 0.3 is 0 Å². The lowest BCUT2D eigenvalue weighted by Crippen LogP contribution is -2.49. The van der Waals surface area contributed by atoms with Gasteiger partial charge in [0.2, 0.25) is 0 Å². The highest BCUT2D eigenvalue weighted by molar-refractivity contribution is 4.92. The van der Waals surface area contributed by atoms with Crippen LogP contribution in [0, 0.1) is 0 Å². The van der Waals surface area contributed by atoms with Gasteiger partial charge in [-0.15, -0.1) is 0 Å². The molecule has 0 saturated heterocycles. The zero-order chi connectivity index (χ0) is 12.0. The maximum atomic E-state index is 9.45. The van der Waals surface area contributed by atoms with Crippen LogP contribution in [0.1, 0.15) is 26.2 Å². The molecule has 1 saturated carbocycles. The van der Waals surface area contributed by atoms with Gasteiger partial charge in [-0.05, 0) is 39.8 Å². The predicted molar refractivity (Wildman–Crippen MR) is 65.6 cm³/mol. The fourth-order valence-electron chi connectivity index (χ4n) is 1.71. The third-order valence-corrected chi connectivity index (χ3v) is 3.20. The maximum Gasteiger partial charge on any atom is 0.0611 e. The highest BCUT2D eigenvalue weighted by atomic mass is 16.5. The molecule has 1 rings (SSSR count). The van der Waals surface area contributed by atoms with E-state index in [0.29, 0.717) is 6.04 Å². The summed E-state index contributed by atoms with van der Waals surface area (Å²) in [5, 5.41) is 13.0. The van der Waals surface area contributed by atoms with Gasteiger partial charge in [0.1, 0.15) is 0 Å². The van der Waals surface area contributed by atoms with Crippen LogP contribution in [-0.4, -0.2) is 62.0 Å². The van der Waals surface area contributed by atoms with Crippen LogP contribution < -0.4 is 5.32 Å². The highest BCUT2D eigenvalue weighted by Gasteiger charge is 2.31. The lowest BCUT2D eigenvalue weighted by Gasteiger charge is -2.31. The number of nitrogens with zero attached hydrogens (tertiary/aromatic N) is 1. The van der Waals surface area contributed by atoms with Gasteiger partial charge in [-0.3, -0.25) is 0 Å². The van der Waals surface area contributed by atoms with Gasteiger partial charge in [0.15, 0.2) is 0 Å². The minimum atomic E-state index is -0.123. The second-order valence-corrected chi connectivity index (χ2v) is 5.18. The summed E-state index contributed by atoms with van der Waals surface area (Å²) in [6, 6.07) is 0.640. The Hall–Kier alpha value is -0.160. The monoisotopic (exact) mass is 230 g/mol. The van der Waals surface area contributed by atoms with E-state index in [9.17, 15) is 5.11 Å². The summed E-state index contributed by atoms with van der Waals surface area (Å²) in [7, 11) is 3.81. The number of methoxy groups -OCH3 is 1. The number of ether oxygens (including phenoxy) is 1. The number of rotatable bonds is 9. The van der Waals surface area contributed by atoms with Crippen LogP contribution in [0.15, 0.2) is 0 Å². The van der Waals surface area contributed by atoms with Crippen LogP contribution >= 0.6 is 0 Å². The fraction of sp³-hybridized carbons (Fsp3) is 1.00. The first kappa shape index (κ1) is 13.9. The Labute approximate surface area is 99.0 Å². The van der Waals surface area contributed by atoms with Crippen LogP contribution in [-0.2, 0) is 4.74 Å². The molecule has 2 N–H and O–H groups in total. The number of nitrogens with one attached hydrogen (secondary N) is 1. The van der Waals surface area contributed by atoms with Crippen LogP contribution in [0.2, 0.25) is 0 Å². The predicted octanol–water partition coefficient (Wildman–Crippen LogP) is 0.458. The second-order valence-electron chi connectivity index (χ2n) is 5.18. The molecule has 4 nitrogen and oxygen atoms in total. The van der Waals surface area contributed by atoms with Crippen molar-refractivity contribution in [3.63, 3.8) is 0 Å². The largest absolute Gasteiger partial charge is 0.394 e. The van der Waals surface area contributed by atoms with Gasteiger partial charge in [0.25, 0.3) is 0 Å². The third-order valence-electron chi connectivity index (χ3n) is 3.20. The Kier molecular flexibility index (Phi) is 5.69. The van der Waals surface area contributed by atoms with Gasteiger partial charge in [-0.1, -0.05) is 0 Å². The van der Waals surface area contributed by atoms with Gasteiger partial charge < -0.3 is 20.1 Å². The van der Waals surface area contributed by atoms with E-state index in [4.69, 9.17) is 4.74 Å². The van der Waals surface area contributed by atoms with Gasteiger partial charge in [-0.2, -0.15) is 0 Å². The number of aliphatic hydroxyl groups is 1. The zero-order valence-electron chi connectivity index (χ0n) is 10.8. The lowest BCUT2D eigenvalue weighted by atomic mass is 9.98. The average molecular weight is 230 g/mol. The summed E-state index contributed by atoms with van der Waals surface area (Å²) in [6.07, 6.45) is 3.49. The van der Waals surface area contributed by atoms with Crippen molar-refractivity contribution in [2.24, 2.45) is 0 Å². The summed E-state index contributed by atoms with van der Waals surface area (Å²) >= 11 is 0. The van der Waals surface area contributed by atoms with E-state index in [2.05, 4.69) is 24.2 Å². The van der Waals surface area contributed by atoms with E-state index >= 15 is 0 Å². The Bertz CT molecular complexity index is 197. The Morgan fingerprint density at radius 2 is 2.12 bits per heavy atom. The normalized spacial score (nSPS) is 20.1. The summed E-state index contributed by atoms with van der Waals surface area (Å²) in [4.78, 5) is 2.24. The standard InChI is InChI=1S/C12H26N2O2/c1-12(10-15,13-11-4-5-11)6-7-14(2)8-9-16-3/h11,13,15H,4-10H2,1-3H3. The molecule has 1 atom stereocenters. The summed E-state index contributed by atoms with van der Waals surface area (Å²) in [6.45, 7) is 5.01. The average Bonchev–Trinajstić information content (AvgIpc) is 3.07. The van der Waals surface area contributed by atoms with E-state index < -0.39 is 0 Å². The molecule has 0 aromatic carbocycles. The molecule has 0 bridgehead atoms. The topological polar surface area (TPSA) is 44.7 Å². The van der Waals surface area contributed by atoms with Crippen molar-refractivity contribution in [3.05, 3.63) is 0 Å². The molecule has 0 radical (unpaired) electrons.